The summed E-state index contributed by atoms with van der Waals surface area (Å²) in [5, 5.41) is 14.5. The molecule has 0 aliphatic heterocycles. The molecule has 0 fully saturated rings. The van der Waals surface area contributed by atoms with Gasteiger partial charge in [-0.15, -0.1) is 5.10 Å². The lowest BCUT2D eigenvalue weighted by molar-refractivity contribution is 0.628. The van der Waals surface area contributed by atoms with E-state index < -0.39 is 0 Å². The van der Waals surface area contributed by atoms with Crippen LogP contribution in [0.1, 0.15) is 5.56 Å². The average molecular weight is 330 g/mol. The summed E-state index contributed by atoms with van der Waals surface area (Å²) in [4.78, 5) is 4.31. The fraction of sp³-hybridized carbons (Fsp3) is 0.0625. The molecule has 5 nitrogen and oxygen atoms in total. The Morgan fingerprint density at radius 1 is 1.00 bits per heavy atom. The van der Waals surface area contributed by atoms with E-state index in [0.717, 1.165) is 11.3 Å². The number of hydrogen-bond acceptors (Lipinski definition) is 5. The van der Waals surface area contributed by atoms with Crippen molar-refractivity contribution in [1.82, 2.24) is 15.2 Å². The van der Waals surface area contributed by atoms with E-state index in [-0.39, 0.29) is 5.82 Å². The lowest BCUT2D eigenvalue weighted by atomic mass is 10.2. The van der Waals surface area contributed by atoms with Gasteiger partial charge in [0.1, 0.15) is 5.82 Å². The second-order valence-corrected chi connectivity index (χ2v) is 5.29. The Balaban J connectivity index is 1.76. The van der Waals surface area contributed by atoms with Crippen molar-refractivity contribution in [2.24, 2.45) is 0 Å². The third-order valence-electron chi connectivity index (χ3n) is 3.10. The molecule has 0 unspecified atom stereocenters. The number of halogens is 2. The van der Waals surface area contributed by atoms with Gasteiger partial charge < -0.3 is 10.6 Å². The Morgan fingerprint density at radius 3 is 2.48 bits per heavy atom. The van der Waals surface area contributed by atoms with Crippen LogP contribution in [-0.4, -0.2) is 15.2 Å². The second-order valence-electron chi connectivity index (χ2n) is 4.89. The monoisotopic (exact) mass is 329 g/mol. The number of rotatable bonds is 4. The van der Waals surface area contributed by atoms with Gasteiger partial charge in [-0.3, -0.25) is 0 Å². The molecule has 0 saturated heterocycles. The molecule has 1 aromatic heterocycles. The van der Waals surface area contributed by atoms with E-state index in [1.54, 1.807) is 12.1 Å². The quantitative estimate of drug-likeness (QED) is 0.740. The van der Waals surface area contributed by atoms with Crippen LogP contribution in [-0.2, 0) is 0 Å². The summed E-state index contributed by atoms with van der Waals surface area (Å²) in [6, 6.07) is 11.5. The molecular formula is C16H13ClFN5. The number of aryl methyl sites for hydroxylation is 1. The Morgan fingerprint density at radius 2 is 1.74 bits per heavy atom. The number of aromatic nitrogens is 3. The first-order valence-corrected chi connectivity index (χ1v) is 7.23. The van der Waals surface area contributed by atoms with Gasteiger partial charge in [-0.05, 0) is 48.9 Å². The molecule has 0 spiro atoms. The van der Waals surface area contributed by atoms with Crippen molar-refractivity contribution in [3.63, 3.8) is 0 Å². The summed E-state index contributed by atoms with van der Waals surface area (Å²) in [5.41, 5.74) is 2.47. The fourth-order valence-corrected chi connectivity index (χ4v) is 2.08. The minimum atomic E-state index is -0.304. The third kappa shape index (κ3) is 3.92. The summed E-state index contributed by atoms with van der Waals surface area (Å²) >= 11 is 6.10. The topological polar surface area (TPSA) is 62.7 Å². The SMILES string of the molecule is Cc1ccc(Nc2cnnc(Nc3ccc(F)cc3)n2)cc1Cl. The maximum atomic E-state index is 12.9. The Hall–Kier alpha value is -2.73. The summed E-state index contributed by atoms with van der Waals surface area (Å²) in [5.74, 6) is 0.519. The van der Waals surface area contributed by atoms with Gasteiger partial charge >= 0.3 is 0 Å². The zero-order chi connectivity index (χ0) is 16.2. The van der Waals surface area contributed by atoms with E-state index in [1.165, 1.54) is 18.3 Å². The van der Waals surface area contributed by atoms with Crippen LogP contribution in [0.2, 0.25) is 5.02 Å². The van der Waals surface area contributed by atoms with E-state index in [2.05, 4.69) is 25.8 Å². The van der Waals surface area contributed by atoms with Crippen LogP contribution < -0.4 is 10.6 Å². The maximum Gasteiger partial charge on any atom is 0.249 e. The van der Waals surface area contributed by atoms with Crippen LogP contribution in [0.5, 0.6) is 0 Å². The molecule has 0 atom stereocenters. The van der Waals surface area contributed by atoms with Crippen LogP contribution in [0, 0.1) is 12.7 Å². The standard InChI is InChI=1S/C16H13ClFN5/c1-10-2-5-13(8-14(10)17)20-15-9-19-23-16(22-15)21-12-6-3-11(18)4-7-12/h2-9H,1H3,(H2,20,21,22,23). The van der Waals surface area contributed by atoms with Crippen molar-refractivity contribution in [3.8, 4) is 0 Å². The van der Waals surface area contributed by atoms with Gasteiger partial charge in [0.25, 0.3) is 0 Å². The van der Waals surface area contributed by atoms with Gasteiger partial charge in [0.15, 0.2) is 5.82 Å². The molecule has 0 aliphatic carbocycles. The lowest BCUT2D eigenvalue weighted by Crippen LogP contribution is -2.02. The molecule has 0 amide bonds. The molecule has 2 N–H and O–H groups in total. The molecule has 3 aromatic rings. The van der Waals surface area contributed by atoms with Gasteiger partial charge in [-0.2, -0.15) is 10.1 Å². The number of nitrogens with one attached hydrogen (secondary N) is 2. The fourth-order valence-electron chi connectivity index (χ4n) is 1.90. The van der Waals surface area contributed by atoms with E-state index in [1.807, 2.05) is 25.1 Å². The van der Waals surface area contributed by atoms with Gasteiger partial charge in [0, 0.05) is 16.4 Å². The van der Waals surface area contributed by atoms with Crippen LogP contribution >= 0.6 is 11.6 Å². The molecule has 3 rings (SSSR count). The van der Waals surface area contributed by atoms with Crippen LogP contribution in [0.15, 0.2) is 48.7 Å². The summed E-state index contributed by atoms with van der Waals surface area (Å²) in [6.07, 6.45) is 1.50. The number of nitrogens with zero attached hydrogens (tertiary/aromatic N) is 3. The maximum absolute atomic E-state index is 12.9. The summed E-state index contributed by atoms with van der Waals surface area (Å²) in [6.45, 7) is 1.93. The molecule has 23 heavy (non-hydrogen) atoms. The molecule has 0 radical (unpaired) electrons. The van der Waals surface area contributed by atoms with Crippen LogP contribution in [0.25, 0.3) is 0 Å². The van der Waals surface area contributed by atoms with Crippen LogP contribution in [0.4, 0.5) is 27.5 Å². The van der Waals surface area contributed by atoms with Crippen molar-refractivity contribution in [2.75, 3.05) is 10.6 Å². The van der Waals surface area contributed by atoms with Crippen molar-refractivity contribution >= 4 is 34.7 Å². The second kappa shape index (κ2) is 6.58. The molecule has 116 valence electrons. The first kappa shape index (κ1) is 15.2. The normalized spacial score (nSPS) is 10.4. The Bertz CT molecular complexity index is 823. The smallest absolute Gasteiger partial charge is 0.249 e. The first-order chi connectivity index (χ1) is 11.1. The largest absolute Gasteiger partial charge is 0.339 e. The molecular weight excluding hydrogens is 317 g/mol. The van der Waals surface area contributed by atoms with E-state index in [4.69, 9.17) is 11.6 Å². The lowest BCUT2D eigenvalue weighted by Gasteiger charge is -2.08. The number of hydrogen-bond donors (Lipinski definition) is 2. The van der Waals surface area contributed by atoms with Crippen molar-refractivity contribution in [2.45, 2.75) is 6.92 Å². The third-order valence-corrected chi connectivity index (χ3v) is 3.51. The molecule has 0 bridgehead atoms. The Kier molecular flexibility index (Phi) is 4.34. The summed E-state index contributed by atoms with van der Waals surface area (Å²) in [7, 11) is 0. The van der Waals surface area contributed by atoms with Crippen molar-refractivity contribution < 1.29 is 4.39 Å². The van der Waals surface area contributed by atoms with Gasteiger partial charge in [0.2, 0.25) is 5.95 Å². The predicted molar refractivity (Wildman–Crippen MR) is 89.0 cm³/mol. The highest BCUT2D eigenvalue weighted by Gasteiger charge is 2.04. The van der Waals surface area contributed by atoms with E-state index in [0.29, 0.717) is 22.5 Å². The number of benzene rings is 2. The molecule has 0 saturated carbocycles. The highest BCUT2D eigenvalue weighted by atomic mass is 35.5. The zero-order valence-electron chi connectivity index (χ0n) is 12.2. The Labute approximate surface area is 137 Å². The van der Waals surface area contributed by atoms with Gasteiger partial charge in [-0.25, -0.2) is 4.39 Å². The van der Waals surface area contributed by atoms with E-state index >= 15 is 0 Å². The van der Waals surface area contributed by atoms with E-state index in [9.17, 15) is 4.39 Å². The first-order valence-electron chi connectivity index (χ1n) is 6.86. The summed E-state index contributed by atoms with van der Waals surface area (Å²) < 4.78 is 12.9. The molecule has 7 heteroatoms. The van der Waals surface area contributed by atoms with Gasteiger partial charge in [-0.1, -0.05) is 17.7 Å². The minimum Gasteiger partial charge on any atom is -0.339 e. The minimum absolute atomic E-state index is 0.304. The highest BCUT2D eigenvalue weighted by molar-refractivity contribution is 6.31. The van der Waals surface area contributed by atoms with Crippen molar-refractivity contribution in [1.29, 1.82) is 0 Å². The predicted octanol–water partition coefficient (Wildman–Crippen LogP) is 4.46. The highest BCUT2D eigenvalue weighted by Crippen LogP contribution is 2.22. The average Bonchev–Trinajstić information content (AvgIpc) is 2.54. The molecule has 1 heterocycles. The van der Waals surface area contributed by atoms with Gasteiger partial charge in [0.05, 0.1) is 6.20 Å². The molecule has 2 aromatic carbocycles. The zero-order valence-corrected chi connectivity index (χ0v) is 13.0. The van der Waals surface area contributed by atoms with Crippen LogP contribution in [0.3, 0.4) is 0 Å². The van der Waals surface area contributed by atoms with Crippen molar-refractivity contribution in [3.05, 3.63) is 65.1 Å². The molecule has 0 aliphatic rings. The number of anilines is 4.